The molecule has 5 nitrogen and oxygen atoms in total. The SMILES string of the molecule is N=c1oc2ccccc2c2c1C(=O)NC(=O)C2. The zero-order valence-corrected chi connectivity index (χ0v) is 8.74. The molecule has 0 spiro atoms. The monoisotopic (exact) mass is 228 g/mol. The minimum Gasteiger partial charge on any atom is -0.438 e. The molecule has 5 heteroatoms. The molecule has 0 radical (unpaired) electrons. The van der Waals surface area contributed by atoms with E-state index < -0.39 is 5.91 Å². The third-order valence-corrected chi connectivity index (χ3v) is 2.77. The van der Waals surface area contributed by atoms with Crippen LogP contribution < -0.4 is 10.9 Å². The predicted octanol–water partition coefficient (Wildman–Crippen LogP) is 0.725. The molecule has 17 heavy (non-hydrogen) atoms. The van der Waals surface area contributed by atoms with Crippen molar-refractivity contribution in [2.75, 3.05) is 0 Å². The first kappa shape index (κ1) is 9.77. The van der Waals surface area contributed by atoms with Gasteiger partial charge in [0.05, 0.1) is 6.42 Å². The van der Waals surface area contributed by atoms with Crippen molar-refractivity contribution >= 4 is 22.8 Å². The van der Waals surface area contributed by atoms with Crippen LogP contribution in [0.4, 0.5) is 0 Å². The van der Waals surface area contributed by atoms with E-state index >= 15 is 0 Å². The average molecular weight is 228 g/mol. The van der Waals surface area contributed by atoms with E-state index in [1.54, 1.807) is 24.3 Å². The van der Waals surface area contributed by atoms with Gasteiger partial charge in [0, 0.05) is 5.39 Å². The van der Waals surface area contributed by atoms with Crippen molar-refractivity contribution in [2.45, 2.75) is 6.42 Å². The second kappa shape index (κ2) is 3.28. The van der Waals surface area contributed by atoms with Crippen LogP contribution in [-0.4, -0.2) is 11.8 Å². The normalized spacial score (nSPS) is 14.6. The van der Waals surface area contributed by atoms with Gasteiger partial charge in [-0.15, -0.1) is 0 Å². The fraction of sp³-hybridized carbons (Fsp3) is 0.0833. The summed E-state index contributed by atoms with van der Waals surface area (Å²) in [4.78, 5) is 23.0. The Morgan fingerprint density at radius 3 is 2.82 bits per heavy atom. The van der Waals surface area contributed by atoms with E-state index in [2.05, 4.69) is 5.32 Å². The summed E-state index contributed by atoms with van der Waals surface area (Å²) in [5.74, 6) is -0.908. The van der Waals surface area contributed by atoms with Crippen LogP contribution in [0.25, 0.3) is 11.0 Å². The first-order valence-corrected chi connectivity index (χ1v) is 5.10. The maximum absolute atomic E-state index is 11.6. The number of carbonyl (C=O) groups is 2. The summed E-state index contributed by atoms with van der Waals surface area (Å²) in [5.41, 5.74) is 1.04. The highest BCUT2D eigenvalue weighted by molar-refractivity contribution is 6.12. The van der Waals surface area contributed by atoms with Crippen molar-refractivity contribution < 1.29 is 14.0 Å². The molecular formula is C12H8N2O3. The van der Waals surface area contributed by atoms with Crippen molar-refractivity contribution in [1.82, 2.24) is 5.32 Å². The molecule has 1 aliphatic rings. The fourth-order valence-corrected chi connectivity index (χ4v) is 2.06. The van der Waals surface area contributed by atoms with Gasteiger partial charge >= 0.3 is 0 Å². The molecule has 1 aromatic carbocycles. The van der Waals surface area contributed by atoms with E-state index in [9.17, 15) is 9.59 Å². The average Bonchev–Trinajstić information content (AvgIpc) is 2.28. The topological polar surface area (TPSA) is 83.2 Å². The van der Waals surface area contributed by atoms with Crippen molar-refractivity contribution in [2.24, 2.45) is 0 Å². The van der Waals surface area contributed by atoms with E-state index in [0.717, 1.165) is 0 Å². The van der Waals surface area contributed by atoms with Gasteiger partial charge in [-0.05, 0) is 11.6 Å². The maximum Gasteiger partial charge on any atom is 0.263 e. The highest BCUT2D eigenvalue weighted by atomic mass is 16.3. The zero-order chi connectivity index (χ0) is 12.0. The smallest absolute Gasteiger partial charge is 0.263 e. The lowest BCUT2D eigenvalue weighted by Crippen LogP contribution is -2.40. The van der Waals surface area contributed by atoms with Crippen LogP contribution >= 0.6 is 0 Å². The Bertz CT molecular complexity index is 715. The summed E-state index contributed by atoms with van der Waals surface area (Å²) < 4.78 is 5.26. The number of hydrogen-bond donors (Lipinski definition) is 2. The van der Waals surface area contributed by atoms with Crippen LogP contribution in [0.5, 0.6) is 0 Å². The quantitative estimate of drug-likeness (QED) is 0.652. The van der Waals surface area contributed by atoms with Gasteiger partial charge in [0.2, 0.25) is 11.5 Å². The molecule has 2 N–H and O–H groups in total. The molecule has 2 aromatic rings. The second-order valence-corrected chi connectivity index (χ2v) is 3.83. The minimum absolute atomic E-state index is 0.101. The van der Waals surface area contributed by atoms with Gasteiger partial charge < -0.3 is 4.42 Å². The molecule has 2 amide bonds. The molecular weight excluding hydrogens is 220 g/mol. The van der Waals surface area contributed by atoms with Crippen LogP contribution in [0.2, 0.25) is 0 Å². The second-order valence-electron chi connectivity index (χ2n) is 3.83. The standard InChI is InChI=1S/C12H8N2O3/c13-11-10-7(5-9(15)14-12(10)16)6-3-1-2-4-8(6)17-11/h1-4,13H,5H2,(H,14,15,16). The Balaban J connectivity index is 2.48. The van der Waals surface area contributed by atoms with Crippen LogP contribution in [0.1, 0.15) is 15.9 Å². The lowest BCUT2D eigenvalue weighted by Gasteiger charge is -2.16. The van der Waals surface area contributed by atoms with Crippen LogP contribution in [0.3, 0.4) is 0 Å². The molecule has 3 rings (SSSR count). The van der Waals surface area contributed by atoms with E-state index in [-0.39, 0.29) is 23.4 Å². The summed E-state index contributed by atoms with van der Waals surface area (Å²) in [5, 5.41) is 10.6. The van der Waals surface area contributed by atoms with Crippen LogP contribution in [0.15, 0.2) is 28.7 Å². The summed E-state index contributed by atoms with van der Waals surface area (Å²) in [6, 6.07) is 7.08. The summed E-state index contributed by atoms with van der Waals surface area (Å²) in [6.45, 7) is 0. The molecule has 1 aromatic heterocycles. The van der Waals surface area contributed by atoms with Crippen molar-refractivity contribution in [1.29, 1.82) is 5.41 Å². The lowest BCUT2D eigenvalue weighted by atomic mass is 9.98. The number of para-hydroxylation sites is 1. The van der Waals surface area contributed by atoms with Gasteiger partial charge in [-0.25, -0.2) is 0 Å². The van der Waals surface area contributed by atoms with Gasteiger partial charge in [-0.1, -0.05) is 18.2 Å². The lowest BCUT2D eigenvalue weighted by molar-refractivity contribution is -0.119. The van der Waals surface area contributed by atoms with E-state index in [0.29, 0.717) is 16.5 Å². The summed E-state index contributed by atoms with van der Waals surface area (Å²) in [6.07, 6.45) is 0.101. The molecule has 0 fully saturated rings. The molecule has 0 aliphatic carbocycles. The third-order valence-electron chi connectivity index (χ3n) is 2.77. The van der Waals surface area contributed by atoms with Crippen molar-refractivity contribution in [3.05, 3.63) is 40.9 Å². The molecule has 0 unspecified atom stereocenters. The first-order chi connectivity index (χ1) is 8.16. The van der Waals surface area contributed by atoms with Crippen LogP contribution in [0, 0.1) is 5.41 Å². The zero-order valence-electron chi connectivity index (χ0n) is 8.74. The van der Waals surface area contributed by atoms with Gasteiger partial charge in [-0.2, -0.15) is 0 Å². The first-order valence-electron chi connectivity index (χ1n) is 5.10. The Morgan fingerprint density at radius 1 is 1.24 bits per heavy atom. The molecule has 0 saturated heterocycles. The molecule has 0 atom stereocenters. The highest BCUT2D eigenvalue weighted by Crippen LogP contribution is 2.22. The molecule has 0 saturated carbocycles. The van der Waals surface area contributed by atoms with Crippen molar-refractivity contribution in [3.8, 4) is 0 Å². The summed E-state index contributed by atoms with van der Waals surface area (Å²) >= 11 is 0. The predicted molar refractivity (Wildman–Crippen MR) is 58.2 cm³/mol. The minimum atomic E-state index is -0.559. The third kappa shape index (κ3) is 1.36. The molecule has 2 heterocycles. The van der Waals surface area contributed by atoms with E-state index in [1.165, 1.54) is 0 Å². The van der Waals surface area contributed by atoms with E-state index in [1.807, 2.05) is 0 Å². The number of fused-ring (bicyclic) bond motifs is 3. The maximum atomic E-state index is 11.6. The molecule has 0 bridgehead atoms. The number of imide groups is 1. The van der Waals surface area contributed by atoms with Gasteiger partial charge in [0.25, 0.3) is 5.91 Å². The van der Waals surface area contributed by atoms with Gasteiger partial charge in [0.15, 0.2) is 0 Å². The number of nitrogens with one attached hydrogen (secondary N) is 2. The highest BCUT2D eigenvalue weighted by Gasteiger charge is 2.26. The number of benzene rings is 1. The van der Waals surface area contributed by atoms with Crippen LogP contribution in [-0.2, 0) is 11.2 Å². The number of hydrogen-bond acceptors (Lipinski definition) is 4. The van der Waals surface area contributed by atoms with Gasteiger partial charge in [-0.3, -0.25) is 20.3 Å². The fourth-order valence-electron chi connectivity index (χ4n) is 2.06. The van der Waals surface area contributed by atoms with E-state index in [4.69, 9.17) is 9.83 Å². The van der Waals surface area contributed by atoms with Gasteiger partial charge in [0.1, 0.15) is 11.1 Å². The number of amides is 2. The largest absolute Gasteiger partial charge is 0.438 e. The van der Waals surface area contributed by atoms with Crippen molar-refractivity contribution in [3.63, 3.8) is 0 Å². The Hall–Kier alpha value is -2.43. The Labute approximate surface area is 95.6 Å². The summed E-state index contributed by atoms with van der Waals surface area (Å²) in [7, 11) is 0. The Morgan fingerprint density at radius 2 is 2.00 bits per heavy atom. The Kier molecular flexibility index (Phi) is 1.89. The number of carbonyl (C=O) groups excluding carboxylic acids is 2. The molecule has 84 valence electrons. The number of rotatable bonds is 0. The molecule has 1 aliphatic heterocycles.